The quantitative estimate of drug-likeness (QED) is 0.746. The van der Waals surface area contributed by atoms with E-state index < -0.39 is 23.2 Å². The summed E-state index contributed by atoms with van der Waals surface area (Å²) in [6.45, 7) is 5.87. The van der Waals surface area contributed by atoms with Gasteiger partial charge < -0.3 is 20.1 Å². The topological polar surface area (TPSA) is 78.9 Å². The molecule has 0 unspecified atom stereocenters. The summed E-state index contributed by atoms with van der Waals surface area (Å²) in [6, 6.07) is 0. The molecule has 1 aliphatic rings. The third-order valence-corrected chi connectivity index (χ3v) is 2.81. The Balaban J connectivity index is 2.67. The third-order valence-electron chi connectivity index (χ3n) is 2.81. The molecule has 2 N–H and O–H groups in total. The van der Waals surface area contributed by atoms with Crippen LogP contribution in [0.2, 0.25) is 0 Å². The summed E-state index contributed by atoms with van der Waals surface area (Å²) in [6.07, 6.45) is -0.0752. The van der Waals surface area contributed by atoms with Crippen LogP contribution in [0.3, 0.4) is 0 Å². The van der Waals surface area contributed by atoms with Crippen molar-refractivity contribution in [3.63, 3.8) is 0 Å². The van der Waals surface area contributed by atoms with Crippen LogP contribution in [-0.4, -0.2) is 53.3 Å². The van der Waals surface area contributed by atoms with Gasteiger partial charge in [0.15, 0.2) is 0 Å². The van der Waals surface area contributed by atoms with E-state index in [0.29, 0.717) is 13.0 Å². The minimum Gasteiger partial charge on any atom is -0.480 e. The molecule has 0 aromatic carbocycles. The smallest absolute Gasteiger partial charge is 0.410 e. The van der Waals surface area contributed by atoms with E-state index in [-0.39, 0.29) is 6.54 Å². The van der Waals surface area contributed by atoms with Crippen LogP contribution in [0.4, 0.5) is 4.79 Å². The van der Waals surface area contributed by atoms with E-state index in [0.717, 1.165) is 0 Å². The second-order valence-corrected chi connectivity index (χ2v) is 5.29. The van der Waals surface area contributed by atoms with E-state index in [4.69, 9.17) is 9.84 Å². The highest BCUT2D eigenvalue weighted by molar-refractivity contribution is 5.81. The zero-order chi connectivity index (χ0) is 13.3. The van der Waals surface area contributed by atoms with Gasteiger partial charge in [-0.3, -0.25) is 4.79 Å². The largest absolute Gasteiger partial charge is 0.480 e. The Kier molecular flexibility index (Phi) is 3.66. The number of nitrogens with one attached hydrogen (secondary N) is 1. The number of carboxylic acid groups (broad SMARTS) is 1. The molecule has 1 heterocycles. The van der Waals surface area contributed by atoms with E-state index in [2.05, 4.69) is 5.32 Å². The fourth-order valence-electron chi connectivity index (χ4n) is 1.78. The van der Waals surface area contributed by atoms with Crippen molar-refractivity contribution in [1.82, 2.24) is 10.2 Å². The summed E-state index contributed by atoms with van der Waals surface area (Å²) in [7, 11) is 1.59. The lowest BCUT2D eigenvalue weighted by atomic mass is 10.00. The number of amides is 1. The first kappa shape index (κ1) is 13.8. The number of carbonyl (C=O) groups is 2. The van der Waals surface area contributed by atoms with Crippen molar-refractivity contribution < 1.29 is 19.4 Å². The number of nitrogens with zero attached hydrogens (tertiary/aromatic N) is 1. The first-order valence-electron chi connectivity index (χ1n) is 5.60. The molecule has 0 bridgehead atoms. The summed E-state index contributed by atoms with van der Waals surface area (Å²) in [5.74, 6) is -0.939. The van der Waals surface area contributed by atoms with E-state index in [1.165, 1.54) is 4.90 Å². The molecule has 0 radical (unpaired) electrons. The lowest BCUT2D eigenvalue weighted by molar-refractivity contribution is -0.144. The van der Waals surface area contributed by atoms with Crippen molar-refractivity contribution in [2.45, 2.75) is 38.3 Å². The Bertz CT molecular complexity index is 324. The highest BCUT2D eigenvalue weighted by Crippen LogP contribution is 2.23. The molecule has 1 atom stereocenters. The number of ether oxygens (including phenoxy) is 1. The van der Waals surface area contributed by atoms with Gasteiger partial charge in [0.05, 0.1) is 6.54 Å². The Morgan fingerprint density at radius 1 is 1.41 bits per heavy atom. The van der Waals surface area contributed by atoms with Crippen LogP contribution in [0.25, 0.3) is 0 Å². The Morgan fingerprint density at radius 2 is 2.00 bits per heavy atom. The van der Waals surface area contributed by atoms with Crippen LogP contribution >= 0.6 is 0 Å². The Labute approximate surface area is 101 Å². The van der Waals surface area contributed by atoms with Crippen LogP contribution in [0.5, 0.6) is 0 Å². The van der Waals surface area contributed by atoms with Gasteiger partial charge >= 0.3 is 12.1 Å². The number of hydrogen-bond donors (Lipinski definition) is 2. The molecule has 1 fully saturated rings. The summed E-state index contributed by atoms with van der Waals surface area (Å²) in [5, 5.41) is 11.9. The molecule has 0 aromatic heterocycles. The first-order valence-corrected chi connectivity index (χ1v) is 5.60. The summed E-state index contributed by atoms with van der Waals surface area (Å²) in [4.78, 5) is 24.4. The summed E-state index contributed by atoms with van der Waals surface area (Å²) >= 11 is 0. The molecular formula is C11H20N2O4. The maximum Gasteiger partial charge on any atom is 0.410 e. The standard InChI is InChI=1S/C11H20N2O4/c1-10(2,3)17-9(16)13-6-5-11(7-13,12-4)8(14)15/h12H,5-7H2,1-4H3,(H,14,15)/t11-/m0/s1. The number of rotatable bonds is 2. The van der Waals surface area contributed by atoms with E-state index >= 15 is 0 Å². The van der Waals surface area contributed by atoms with Crippen molar-refractivity contribution in [2.75, 3.05) is 20.1 Å². The maximum absolute atomic E-state index is 11.8. The van der Waals surface area contributed by atoms with Crippen molar-refractivity contribution >= 4 is 12.1 Å². The SMILES string of the molecule is CN[C@@]1(C(=O)O)CCN(C(=O)OC(C)(C)C)C1. The van der Waals surface area contributed by atoms with Gasteiger partial charge in [-0.25, -0.2) is 4.79 Å². The molecule has 0 aromatic rings. The molecule has 6 nitrogen and oxygen atoms in total. The summed E-state index contributed by atoms with van der Waals surface area (Å²) < 4.78 is 5.21. The van der Waals surface area contributed by atoms with Crippen molar-refractivity contribution in [2.24, 2.45) is 0 Å². The van der Waals surface area contributed by atoms with Crippen molar-refractivity contribution in [3.8, 4) is 0 Å². The fraction of sp³-hybridized carbons (Fsp3) is 0.818. The van der Waals surface area contributed by atoms with Crippen LogP contribution in [0, 0.1) is 0 Å². The minimum absolute atomic E-state index is 0.133. The van der Waals surface area contributed by atoms with Crippen molar-refractivity contribution in [1.29, 1.82) is 0 Å². The molecule has 1 rings (SSSR count). The zero-order valence-corrected chi connectivity index (χ0v) is 10.7. The highest BCUT2D eigenvalue weighted by atomic mass is 16.6. The second kappa shape index (κ2) is 4.52. The van der Waals surface area contributed by atoms with Gasteiger partial charge in [-0.1, -0.05) is 0 Å². The van der Waals surface area contributed by atoms with Gasteiger partial charge in [-0.15, -0.1) is 0 Å². The van der Waals surface area contributed by atoms with E-state index in [9.17, 15) is 9.59 Å². The first-order chi connectivity index (χ1) is 7.70. The monoisotopic (exact) mass is 244 g/mol. The number of carbonyl (C=O) groups excluding carboxylic acids is 1. The van der Waals surface area contributed by atoms with E-state index in [1.807, 2.05) is 0 Å². The van der Waals surface area contributed by atoms with Crippen LogP contribution in [0.15, 0.2) is 0 Å². The predicted octanol–water partition coefficient (Wildman–Crippen LogP) is 0.670. The third kappa shape index (κ3) is 3.09. The number of likely N-dealkylation sites (N-methyl/N-ethyl adjacent to an activating group) is 1. The molecule has 98 valence electrons. The molecule has 6 heteroatoms. The van der Waals surface area contributed by atoms with Gasteiger partial charge in [-0.05, 0) is 34.2 Å². The Hall–Kier alpha value is -1.30. The van der Waals surface area contributed by atoms with Gasteiger partial charge in [0.1, 0.15) is 11.1 Å². The van der Waals surface area contributed by atoms with Gasteiger partial charge in [0.25, 0.3) is 0 Å². The average Bonchev–Trinajstić information content (AvgIpc) is 2.60. The number of likely N-dealkylation sites (tertiary alicyclic amines) is 1. The molecule has 0 spiro atoms. The summed E-state index contributed by atoms with van der Waals surface area (Å²) in [5.41, 5.74) is -1.61. The van der Waals surface area contributed by atoms with Crippen LogP contribution < -0.4 is 5.32 Å². The number of aliphatic carboxylic acids is 1. The Morgan fingerprint density at radius 3 is 2.35 bits per heavy atom. The molecule has 1 aliphatic heterocycles. The molecular weight excluding hydrogens is 224 g/mol. The number of carboxylic acids is 1. The minimum atomic E-state index is -1.04. The van der Waals surface area contributed by atoms with E-state index in [1.54, 1.807) is 27.8 Å². The van der Waals surface area contributed by atoms with Crippen LogP contribution in [-0.2, 0) is 9.53 Å². The van der Waals surface area contributed by atoms with Crippen LogP contribution in [0.1, 0.15) is 27.2 Å². The lowest BCUT2D eigenvalue weighted by Gasteiger charge is -2.26. The van der Waals surface area contributed by atoms with Gasteiger partial charge in [-0.2, -0.15) is 0 Å². The molecule has 0 aliphatic carbocycles. The number of hydrogen-bond acceptors (Lipinski definition) is 4. The van der Waals surface area contributed by atoms with Gasteiger partial charge in [0.2, 0.25) is 0 Å². The lowest BCUT2D eigenvalue weighted by Crippen LogP contribution is -2.53. The maximum atomic E-state index is 11.8. The zero-order valence-electron chi connectivity index (χ0n) is 10.7. The molecule has 17 heavy (non-hydrogen) atoms. The van der Waals surface area contributed by atoms with Crippen molar-refractivity contribution in [3.05, 3.63) is 0 Å². The second-order valence-electron chi connectivity index (χ2n) is 5.29. The fourth-order valence-corrected chi connectivity index (χ4v) is 1.78. The predicted molar refractivity (Wildman–Crippen MR) is 61.9 cm³/mol. The molecule has 1 saturated heterocycles. The molecule has 0 saturated carbocycles. The van der Waals surface area contributed by atoms with Gasteiger partial charge in [0, 0.05) is 6.54 Å². The normalized spacial score (nSPS) is 24.8. The average molecular weight is 244 g/mol. The highest BCUT2D eigenvalue weighted by Gasteiger charge is 2.46. The molecule has 1 amide bonds.